The minimum Gasteiger partial charge on any atom is -0.481 e. The summed E-state index contributed by atoms with van der Waals surface area (Å²) < 4.78 is 29.9. The van der Waals surface area contributed by atoms with Gasteiger partial charge in [-0.3, -0.25) is 4.79 Å². The van der Waals surface area contributed by atoms with Crippen molar-refractivity contribution in [2.75, 3.05) is 23.8 Å². The van der Waals surface area contributed by atoms with Crippen LogP contribution in [0.25, 0.3) is 0 Å². The molecule has 0 bridgehead atoms. The van der Waals surface area contributed by atoms with Crippen LogP contribution < -0.4 is 15.4 Å². The topological polar surface area (TPSA) is 55.6 Å². The number of amides is 1. The predicted octanol–water partition coefficient (Wildman–Crippen LogP) is 1.91. The number of nitrogens with zero attached hydrogens (tertiary/aromatic N) is 1. The Morgan fingerprint density at radius 3 is 2.88 bits per heavy atom. The Hall–Kier alpha value is -1.56. The van der Waals surface area contributed by atoms with Crippen LogP contribution in [-0.4, -0.2) is 25.5 Å². The van der Waals surface area contributed by atoms with E-state index in [1.165, 1.54) is 12.1 Å². The molecule has 0 atom stereocenters. The molecule has 0 aromatic heterocycles. The Bertz CT molecular complexity index is 468. The van der Waals surface area contributed by atoms with Gasteiger partial charge in [-0.1, -0.05) is 11.6 Å². The van der Waals surface area contributed by atoms with Gasteiger partial charge in [-0.05, 0) is 6.07 Å². The second-order valence-corrected chi connectivity index (χ2v) is 3.93. The molecule has 0 unspecified atom stereocenters. The third-order valence-corrected chi connectivity index (χ3v) is 2.67. The van der Waals surface area contributed by atoms with Gasteiger partial charge >= 0.3 is 0 Å². The van der Waals surface area contributed by atoms with E-state index in [2.05, 4.69) is 0 Å². The Balaban J connectivity index is 2.43. The van der Waals surface area contributed by atoms with Gasteiger partial charge in [0.25, 0.3) is 12.3 Å². The molecule has 1 aromatic carbocycles. The summed E-state index contributed by atoms with van der Waals surface area (Å²) in [6.45, 7) is -0.962. The van der Waals surface area contributed by atoms with E-state index >= 15 is 0 Å². The highest BCUT2D eigenvalue weighted by Crippen LogP contribution is 2.38. The van der Waals surface area contributed by atoms with Crippen molar-refractivity contribution in [3.63, 3.8) is 0 Å². The summed E-state index contributed by atoms with van der Waals surface area (Å²) in [4.78, 5) is 12.4. The minimum atomic E-state index is -2.62. The Kier molecular flexibility index (Phi) is 3.06. The van der Waals surface area contributed by atoms with Crippen molar-refractivity contribution >= 4 is 28.9 Å². The zero-order valence-corrected chi connectivity index (χ0v) is 9.38. The predicted molar refractivity (Wildman–Crippen MR) is 59.7 cm³/mol. The van der Waals surface area contributed by atoms with Crippen LogP contribution in [0.4, 0.5) is 20.2 Å². The van der Waals surface area contributed by atoms with Crippen LogP contribution in [0.15, 0.2) is 12.1 Å². The van der Waals surface area contributed by atoms with Gasteiger partial charge in [0.2, 0.25) is 0 Å². The molecular formula is C10H9ClF2N2O2. The summed E-state index contributed by atoms with van der Waals surface area (Å²) in [5, 5.41) is 0.196. The summed E-state index contributed by atoms with van der Waals surface area (Å²) in [7, 11) is 0. The van der Waals surface area contributed by atoms with Crippen molar-refractivity contribution in [3.05, 3.63) is 17.2 Å². The third-order valence-electron chi connectivity index (χ3n) is 2.34. The lowest BCUT2D eigenvalue weighted by atomic mass is 10.2. The first-order valence-corrected chi connectivity index (χ1v) is 5.17. The average Bonchev–Trinajstić information content (AvgIpc) is 2.25. The third kappa shape index (κ3) is 2.26. The SMILES string of the molecule is Nc1cc2c(cc1Cl)N(CC(F)F)C(=O)CO2. The number of benzene rings is 1. The van der Waals surface area contributed by atoms with Crippen LogP contribution in [0, 0.1) is 0 Å². The smallest absolute Gasteiger partial charge is 0.265 e. The van der Waals surface area contributed by atoms with Crippen molar-refractivity contribution in [1.82, 2.24) is 0 Å². The highest BCUT2D eigenvalue weighted by Gasteiger charge is 2.28. The number of alkyl halides is 2. The second kappa shape index (κ2) is 4.37. The molecule has 1 aliphatic heterocycles. The first-order valence-electron chi connectivity index (χ1n) is 4.79. The number of hydrogen-bond acceptors (Lipinski definition) is 3. The number of carbonyl (C=O) groups is 1. The maximum atomic E-state index is 12.4. The molecule has 7 heteroatoms. The molecule has 1 amide bonds. The number of hydrogen-bond donors (Lipinski definition) is 1. The molecule has 1 aliphatic rings. The summed E-state index contributed by atoms with van der Waals surface area (Å²) in [5.41, 5.74) is 6.06. The highest BCUT2D eigenvalue weighted by atomic mass is 35.5. The number of ether oxygens (including phenoxy) is 1. The van der Waals surface area contributed by atoms with Crippen LogP contribution in [-0.2, 0) is 4.79 Å². The number of fused-ring (bicyclic) bond motifs is 1. The number of carbonyl (C=O) groups excluding carboxylic acids is 1. The molecule has 92 valence electrons. The number of rotatable bonds is 2. The standard InChI is InChI=1S/C10H9ClF2N2O2/c11-5-1-7-8(2-6(5)14)17-4-10(16)15(7)3-9(12)13/h1-2,9H,3-4,14H2. The molecule has 2 N–H and O–H groups in total. The van der Waals surface area contributed by atoms with Crippen molar-refractivity contribution in [2.45, 2.75) is 6.43 Å². The fraction of sp³-hybridized carbons (Fsp3) is 0.300. The lowest BCUT2D eigenvalue weighted by molar-refractivity contribution is -0.121. The van der Waals surface area contributed by atoms with Crippen LogP contribution >= 0.6 is 11.6 Å². The van der Waals surface area contributed by atoms with Gasteiger partial charge in [0.05, 0.1) is 22.9 Å². The molecule has 0 radical (unpaired) electrons. The zero-order valence-electron chi connectivity index (χ0n) is 8.62. The number of nitrogen functional groups attached to an aromatic ring is 1. The second-order valence-electron chi connectivity index (χ2n) is 3.53. The van der Waals surface area contributed by atoms with E-state index in [-0.39, 0.29) is 28.8 Å². The molecule has 0 spiro atoms. The highest BCUT2D eigenvalue weighted by molar-refractivity contribution is 6.33. The van der Waals surface area contributed by atoms with Gasteiger partial charge in [-0.15, -0.1) is 0 Å². The van der Waals surface area contributed by atoms with Gasteiger partial charge in [0.15, 0.2) is 6.61 Å². The van der Waals surface area contributed by atoms with Crippen LogP contribution in [0.1, 0.15) is 0 Å². The van der Waals surface area contributed by atoms with E-state index in [0.29, 0.717) is 0 Å². The van der Waals surface area contributed by atoms with E-state index in [0.717, 1.165) is 4.90 Å². The van der Waals surface area contributed by atoms with Crippen LogP contribution in [0.2, 0.25) is 5.02 Å². The minimum absolute atomic E-state index is 0.196. The van der Waals surface area contributed by atoms with Gasteiger partial charge in [-0.25, -0.2) is 8.78 Å². The molecule has 1 heterocycles. The molecule has 0 aliphatic carbocycles. The van der Waals surface area contributed by atoms with Gasteiger partial charge in [0, 0.05) is 6.07 Å². The number of nitrogens with two attached hydrogens (primary N) is 1. The lowest BCUT2D eigenvalue weighted by Crippen LogP contribution is -2.41. The molecule has 0 saturated carbocycles. The summed E-state index contributed by atoms with van der Waals surface area (Å²) in [6, 6.07) is 2.77. The van der Waals surface area contributed by atoms with Gasteiger partial charge in [-0.2, -0.15) is 0 Å². The first kappa shape index (κ1) is 11.9. The summed E-state index contributed by atoms with van der Waals surface area (Å²) in [5.74, 6) is -0.245. The molecule has 2 rings (SSSR count). The molecule has 17 heavy (non-hydrogen) atoms. The van der Waals surface area contributed by atoms with Gasteiger partial charge in [0.1, 0.15) is 5.75 Å². The maximum Gasteiger partial charge on any atom is 0.265 e. The fourth-order valence-electron chi connectivity index (χ4n) is 1.58. The van der Waals surface area contributed by atoms with E-state index in [4.69, 9.17) is 22.1 Å². The molecule has 4 nitrogen and oxygen atoms in total. The number of anilines is 2. The normalized spacial score (nSPS) is 14.8. The largest absolute Gasteiger partial charge is 0.481 e. The van der Waals surface area contributed by atoms with Crippen molar-refractivity contribution in [1.29, 1.82) is 0 Å². The fourth-order valence-corrected chi connectivity index (χ4v) is 1.73. The van der Waals surface area contributed by atoms with Crippen LogP contribution in [0.3, 0.4) is 0 Å². The van der Waals surface area contributed by atoms with Crippen molar-refractivity contribution in [3.8, 4) is 5.75 Å². The van der Waals surface area contributed by atoms with Crippen molar-refractivity contribution < 1.29 is 18.3 Å². The van der Waals surface area contributed by atoms with Crippen LogP contribution in [0.5, 0.6) is 5.75 Å². The summed E-state index contributed by atoms with van der Waals surface area (Å²) in [6.07, 6.45) is -2.62. The van der Waals surface area contributed by atoms with E-state index in [1.54, 1.807) is 0 Å². The lowest BCUT2D eigenvalue weighted by Gasteiger charge is -2.29. The molecular weight excluding hydrogens is 254 g/mol. The number of halogens is 3. The monoisotopic (exact) mass is 262 g/mol. The Labute approximate surface area is 101 Å². The maximum absolute atomic E-state index is 12.4. The quantitative estimate of drug-likeness (QED) is 0.829. The Morgan fingerprint density at radius 1 is 1.53 bits per heavy atom. The average molecular weight is 263 g/mol. The molecule has 1 aromatic rings. The van der Waals surface area contributed by atoms with Gasteiger partial charge < -0.3 is 15.4 Å². The Morgan fingerprint density at radius 2 is 2.24 bits per heavy atom. The molecule has 0 fully saturated rings. The molecule has 0 saturated heterocycles. The summed E-state index contributed by atoms with van der Waals surface area (Å²) >= 11 is 5.79. The zero-order chi connectivity index (χ0) is 12.6. The van der Waals surface area contributed by atoms with E-state index in [9.17, 15) is 13.6 Å². The first-order chi connectivity index (χ1) is 7.99. The van der Waals surface area contributed by atoms with Crippen molar-refractivity contribution in [2.24, 2.45) is 0 Å². The van der Waals surface area contributed by atoms with E-state index in [1.807, 2.05) is 0 Å². The van der Waals surface area contributed by atoms with E-state index < -0.39 is 18.9 Å².